The van der Waals surface area contributed by atoms with E-state index < -0.39 is 23.8 Å². The highest BCUT2D eigenvalue weighted by Crippen LogP contribution is 2.23. The summed E-state index contributed by atoms with van der Waals surface area (Å²) in [4.78, 5) is 23.9. The summed E-state index contributed by atoms with van der Waals surface area (Å²) in [6, 6.07) is 9.49. The zero-order chi connectivity index (χ0) is 17.0. The topological polar surface area (TPSA) is 55.4 Å². The summed E-state index contributed by atoms with van der Waals surface area (Å²) < 4.78 is 17.9. The predicted octanol–water partition coefficient (Wildman–Crippen LogP) is 4.32. The van der Waals surface area contributed by atoms with Crippen molar-refractivity contribution >= 4 is 40.8 Å². The molecule has 2 aromatic rings. The molecule has 0 aliphatic rings. The molecule has 0 saturated carbocycles. The number of halogens is 3. The molecule has 0 heterocycles. The van der Waals surface area contributed by atoms with Gasteiger partial charge in [-0.05, 0) is 49.4 Å². The van der Waals surface area contributed by atoms with Gasteiger partial charge in [-0.2, -0.15) is 0 Å². The number of esters is 1. The van der Waals surface area contributed by atoms with Crippen LogP contribution in [0.4, 0.5) is 10.1 Å². The first-order valence-electron chi connectivity index (χ1n) is 6.59. The lowest BCUT2D eigenvalue weighted by atomic mass is 10.2. The Labute approximate surface area is 142 Å². The molecule has 4 nitrogen and oxygen atoms in total. The highest BCUT2D eigenvalue weighted by Gasteiger charge is 2.19. The van der Waals surface area contributed by atoms with Gasteiger partial charge in [-0.15, -0.1) is 0 Å². The van der Waals surface area contributed by atoms with Crippen LogP contribution >= 0.6 is 23.2 Å². The summed E-state index contributed by atoms with van der Waals surface area (Å²) in [6.07, 6.45) is -1.04. The van der Waals surface area contributed by atoms with Crippen molar-refractivity contribution < 1.29 is 18.7 Å². The summed E-state index contributed by atoms with van der Waals surface area (Å²) in [5.74, 6) is -1.66. The highest BCUT2D eigenvalue weighted by molar-refractivity contribution is 6.42. The van der Waals surface area contributed by atoms with E-state index in [2.05, 4.69) is 5.32 Å². The zero-order valence-corrected chi connectivity index (χ0v) is 13.5. The van der Waals surface area contributed by atoms with Gasteiger partial charge in [0.05, 0.1) is 15.6 Å². The maximum absolute atomic E-state index is 12.8. The predicted molar refractivity (Wildman–Crippen MR) is 86.4 cm³/mol. The maximum atomic E-state index is 12.8. The van der Waals surface area contributed by atoms with Crippen molar-refractivity contribution in [3.63, 3.8) is 0 Å². The number of carbonyl (C=O) groups is 2. The number of rotatable bonds is 4. The van der Waals surface area contributed by atoms with E-state index in [-0.39, 0.29) is 10.6 Å². The second-order valence-corrected chi connectivity index (χ2v) is 5.49. The number of hydrogen-bond donors (Lipinski definition) is 1. The minimum atomic E-state index is -1.04. The first-order chi connectivity index (χ1) is 10.9. The van der Waals surface area contributed by atoms with Gasteiger partial charge in [-0.25, -0.2) is 9.18 Å². The average molecular weight is 356 g/mol. The molecule has 0 bridgehead atoms. The molecule has 23 heavy (non-hydrogen) atoms. The monoisotopic (exact) mass is 355 g/mol. The van der Waals surface area contributed by atoms with Crippen LogP contribution in [-0.4, -0.2) is 18.0 Å². The van der Waals surface area contributed by atoms with Crippen LogP contribution in [0.1, 0.15) is 17.3 Å². The zero-order valence-electron chi connectivity index (χ0n) is 12.0. The minimum absolute atomic E-state index is 0.181. The fourth-order valence-electron chi connectivity index (χ4n) is 1.68. The Balaban J connectivity index is 1.98. The van der Waals surface area contributed by atoms with Gasteiger partial charge in [0.1, 0.15) is 5.82 Å². The molecular formula is C16H12Cl2FNO3. The molecule has 2 rings (SSSR count). The Morgan fingerprint density at radius 1 is 1.09 bits per heavy atom. The number of hydrogen-bond acceptors (Lipinski definition) is 3. The molecule has 0 radical (unpaired) electrons. The van der Waals surface area contributed by atoms with Crippen LogP contribution in [0.5, 0.6) is 0 Å². The number of ether oxygens (including phenoxy) is 1. The van der Waals surface area contributed by atoms with Gasteiger partial charge in [-0.1, -0.05) is 23.2 Å². The first-order valence-corrected chi connectivity index (χ1v) is 7.35. The van der Waals surface area contributed by atoms with E-state index in [1.165, 1.54) is 49.4 Å². The van der Waals surface area contributed by atoms with Gasteiger partial charge in [0, 0.05) is 5.69 Å². The Morgan fingerprint density at radius 3 is 2.35 bits per heavy atom. The van der Waals surface area contributed by atoms with E-state index in [0.717, 1.165) is 0 Å². The third-order valence-electron chi connectivity index (χ3n) is 2.92. The highest BCUT2D eigenvalue weighted by atomic mass is 35.5. The van der Waals surface area contributed by atoms with Crippen LogP contribution in [-0.2, 0) is 9.53 Å². The number of carbonyl (C=O) groups excluding carboxylic acids is 2. The van der Waals surface area contributed by atoms with Crippen molar-refractivity contribution in [3.8, 4) is 0 Å². The molecule has 1 atom stereocenters. The summed E-state index contributed by atoms with van der Waals surface area (Å²) in [5, 5.41) is 3.04. The fourth-order valence-corrected chi connectivity index (χ4v) is 1.98. The second kappa shape index (κ2) is 7.44. The lowest BCUT2D eigenvalue weighted by molar-refractivity contribution is -0.123. The molecular weight excluding hydrogens is 344 g/mol. The number of anilines is 1. The van der Waals surface area contributed by atoms with Gasteiger partial charge in [0.2, 0.25) is 0 Å². The molecule has 0 spiro atoms. The van der Waals surface area contributed by atoms with Gasteiger partial charge in [-0.3, -0.25) is 4.79 Å². The standard InChI is InChI=1S/C16H12Cl2FNO3/c1-9(15(21)20-12-5-3-11(19)4-6-12)23-16(22)10-2-7-13(17)14(18)8-10/h2-9H,1H3,(H,20,21)/t9-/m1/s1. The van der Waals surface area contributed by atoms with Crippen molar-refractivity contribution in [1.29, 1.82) is 0 Å². The van der Waals surface area contributed by atoms with Crippen LogP contribution in [0, 0.1) is 5.82 Å². The summed E-state index contributed by atoms with van der Waals surface area (Å²) >= 11 is 11.6. The lowest BCUT2D eigenvalue weighted by Gasteiger charge is -2.13. The molecule has 0 aliphatic carbocycles. The second-order valence-electron chi connectivity index (χ2n) is 4.67. The third kappa shape index (κ3) is 4.68. The fraction of sp³-hybridized carbons (Fsp3) is 0.125. The van der Waals surface area contributed by atoms with Crippen LogP contribution in [0.2, 0.25) is 10.0 Å². The van der Waals surface area contributed by atoms with Crippen molar-refractivity contribution in [2.45, 2.75) is 13.0 Å². The van der Waals surface area contributed by atoms with Crippen LogP contribution < -0.4 is 5.32 Å². The SMILES string of the molecule is C[C@@H](OC(=O)c1ccc(Cl)c(Cl)c1)C(=O)Nc1ccc(F)cc1. The molecule has 0 fully saturated rings. The lowest BCUT2D eigenvalue weighted by Crippen LogP contribution is -2.30. The third-order valence-corrected chi connectivity index (χ3v) is 3.66. The summed E-state index contributed by atoms with van der Waals surface area (Å²) in [7, 11) is 0. The number of nitrogens with one attached hydrogen (secondary N) is 1. The van der Waals surface area contributed by atoms with Crippen LogP contribution in [0.3, 0.4) is 0 Å². The quantitative estimate of drug-likeness (QED) is 0.831. The Kier molecular flexibility index (Phi) is 5.58. The Bertz CT molecular complexity index is 735. The molecule has 7 heteroatoms. The van der Waals surface area contributed by atoms with E-state index in [1.54, 1.807) is 0 Å². The molecule has 0 saturated heterocycles. The van der Waals surface area contributed by atoms with E-state index in [0.29, 0.717) is 10.7 Å². The van der Waals surface area contributed by atoms with Gasteiger partial charge >= 0.3 is 5.97 Å². The van der Waals surface area contributed by atoms with E-state index in [1.807, 2.05) is 0 Å². The maximum Gasteiger partial charge on any atom is 0.338 e. The van der Waals surface area contributed by atoms with Crippen molar-refractivity contribution in [1.82, 2.24) is 0 Å². The van der Waals surface area contributed by atoms with E-state index >= 15 is 0 Å². The van der Waals surface area contributed by atoms with Crippen LogP contribution in [0.25, 0.3) is 0 Å². The Morgan fingerprint density at radius 2 is 1.74 bits per heavy atom. The van der Waals surface area contributed by atoms with E-state index in [4.69, 9.17) is 27.9 Å². The van der Waals surface area contributed by atoms with Crippen LogP contribution in [0.15, 0.2) is 42.5 Å². The molecule has 0 aliphatic heterocycles. The molecule has 120 valence electrons. The molecule has 2 aromatic carbocycles. The van der Waals surface area contributed by atoms with E-state index in [9.17, 15) is 14.0 Å². The average Bonchev–Trinajstić information content (AvgIpc) is 2.52. The van der Waals surface area contributed by atoms with Gasteiger partial charge < -0.3 is 10.1 Å². The number of benzene rings is 2. The smallest absolute Gasteiger partial charge is 0.338 e. The Hall–Kier alpha value is -2.11. The van der Waals surface area contributed by atoms with Crippen molar-refractivity contribution in [2.24, 2.45) is 0 Å². The molecule has 0 unspecified atom stereocenters. The normalized spacial score (nSPS) is 11.7. The van der Waals surface area contributed by atoms with Crippen molar-refractivity contribution in [2.75, 3.05) is 5.32 Å². The summed E-state index contributed by atoms with van der Waals surface area (Å²) in [5.41, 5.74) is 0.578. The number of amides is 1. The molecule has 0 aromatic heterocycles. The molecule has 1 N–H and O–H groups in total. The van der Waals surface area contributed by atoms with Gasteiger partial charge in [0.15, 0.2) is 6.10 Å². The largest absolute Gasteiger partial charge is 0.449 e. The van der Waals surface area contributed by atoms with Gasteiger partial charge in [0.25, 0.3) is 5.91 Å². The molecule has 1 amide bonds. The van der Waals surface area contributed by atoms with Crippen molar-refractivity contribution in [3.05, 3.63) is 63.9 Å². The summed E-state index contributed by atoms with van der Waals surface area (Å²) in [6.45, 7) is 1.42. The minimum Gasteiger partial charge on any atom is -0.449 e. The first kappa shape index (κ1) is 17.2.